The van der Waals surface area contributed by atoms with Gasteiger partial charge in [0.25, 0.3) is 0 Å². The average Bonchev–Trinajstić information content (AvgIpc) is 2.79. The zero-order valence-electron chi connectivity index (χ0n) is 9.51. The van der Waals surface area contributed by atoms with Crippen LogP contribution in [0.2, 0.25) is 0 Å². The molecule has 2 aromatic heterocycles. The van der Waals surface area contributed by atoms with E-state index in [1.165, 1.54) is 4.88 Å². The molecule has 6 heteroatoms. The minimum absolute atomic E-state index is 0.360. The number of nitrogens with zero attached hydrogens (tertiary/aromatic N) is 2. The molecule has 0 radical (unpaired) electrons. The van der Waals surface area contributed by atoms with E-state index in [0.717, 1.165) is 12.4 Å². The highest BCUT2D eigenvalue weighted by molar-refractivity contribution is 7.09. The van der Waals surface area contributed by atoms with E-state index in [2.05, 4.69) is 21.4 Å². The third-order valence-corrected chi connectivity index (χ3v) is 2.97. The number of hydrogen-bond donors (Lipinski definition) is 2. The summed E-state index contributed by atoms with van der Waals surface area (Å²) >= 11 is 1.70. The molecule has 3 N–H and O–H groups in total. The van der Waals surface area contributed by atoms with Gasteiger partial charge in [-0.15, -0.1) is 11.3 Å². The van der Waals surface area contributed by atoms with Gasteiger partial charge in [0.15, 0.2) is 5.82 Å². The lowest BCUT2D eigenvalue weighted by molar-refractivity contribution is 0.178. The van der Waals surface area contributed by atoms with E-state index in [0.29, 0.717) is 18.2 Å². The minimum atomic E-state index is 0.360. The largest absolute Gasteiger partial charge is 0.384 e. The number of aromatic nitrogens is 2. The second-order valence-electron chi connectivity index (χ2n) is 3.46. The standard InChI is InChI=1S/C11H14N4OS/c1-16-7-11-14-9(12)5-10(15-11)13-6-8-3-2-4-17-8/h2-5H,6-7H2,1H3,(H3,12,13,14,15). The maximum absolute atomic E-state index is 5.69. The predicted octanol–water partition coefficient (Wildman–Crippen LogP) is 1.88. The van der Waals surface area contributed by atoms with Gasteiger partial charge in [-0.25, -0.2) is 9.97 Å². The van der Waals surface area contributed by atoms with Gasteiger partial charge in [0.05, 0.1) is 6.54 Å². The quantitative estimate of drug-likeness (QED) is 0.847. The molecule has 0 amide bonds. The molecular weight excluding hydrogens is 236 g/mol. The first kappa shape index (κ1) is 11.8. The van der Waals surface area contributed by atoms with E-state index in [-0.39, 0.29) is 0 Å². The Labute approximate surface area is 104 Å². The van der Waals surface area contributed by atoms with Crippen molar-refractivity contribution in [3.8, 4) is 0 Å². The van der Waals surface area contributed by atoms with Crippen molar-refractivity contribution in [2.24, 2.45) is 0 Å². The Bertz CT molecular complexity index is 472. The number of nitrogen functional groups attached to an aromatic ring is 1. The molecule has 0 unspecified atom stereocenters. The molecule has 0 spiro atoms. The summed E-state index contributed by atoms with van der Waals surface area (Å²) in [7, 11) is 1.60. The van der Waals surface area contributed by atoms with Gasteiger partial charge in [0.1, 0.15) is 18.2 Å². The summed E-state index contributed by atoms with van der Waals surface area (Å²) in [5.74, 6) is 1.75. The highest BCUT2D eigenvalue weighted by Gasteiger charge is 2.02. The molecule has 0 saturated carbocycles. The lowest BCUT2D eigenvalue weighted by Crippen LogP contribution is -2.06. The number of nitrogens with one attached hydrogen (secondary N) is 1. The minimum Gasteiger partial charge on any atom is -0.384 e. The summed E-state index contributed by atoms with van der Waals surface area (Å²) in [5, 5.41) is 5.25. The molecule has 0 aliphatic heterocycles. The van der Waals surface area contributed by atoms with Crippen LogP contribution in [0.1, 0.15) is 10.7 Å². The first-order valence-electron chi connectivity index (χ1n) is 5.16. The molecule has 0 aromatic carbocycles. The molecule has 0 saturated heterocycles. The Morgan fingerprint density at radius 1 is 1.47 bits per heavy atom. The molecule has 2 aromatic rings. The van der Waals surface area contributed by atoms with E-state index in [1.807, 2.05) is 11.4 Å². The maximum Gasteiger partial charge on any atom is 0.158 e. The number of methoxy groups -OCH3 is 1. The van der Waals surface area contributed by atoms with Gasteiger partial charge < -0.3 is 15.8 Å². The predicted molar refractivity (Wildman–Crippen MR) is 68.8 cm³/mol. The third-order valence-electron chi connectivity index (χ3n) is 2.09. The molecule has 0 fully saturated rings. The van der Waals surface area contributed by atoms with Crippen molar-refractivity contribution in [3.63, 3.8) is 0 Å². The van der Waals surface area contributed by atoms with Crippen LogP contribution < -0.4 is 11.1 Å². The van der Waals surface area contributed by atoms with Crippen LogP contribution in [0.3, 0.4) is 0 Å². The zero-order chi connectivity index (χ0) is 12.1. The van der Waals surface area contributed by atoms with Crippen LogP contribution in [-0.4, -0.2) is 17.1 Å². The molecule has 2 heterocycles. The van der Waals surface area contributed by atoms with Crippen molar-refractivity contribution in [3.05, 3.63) is 34.3 Å². The number of ether oxygens (including phenoxy) is 1. The normalized spacial score (nSPS) is 10.4. The second kappa shape index (κ2) is 5.60. The molecule has 0 bridgehead atoms. The number of hydrogen-bond acceptors (Lipinski definition) is 6. The summed E-state index contributed by atoms with van der Waals surface area (Å²) in [4.78, 5) is 9.62. The number of rotatable bonds is 5. The Hall–Kier alpha value is -1.66. The number of anilines is 2. The summed E-state index contributed by atoms with van der Waals surface area (Å²) in [6.45, 7) is 1.10. The summed E-state index contributed by atoms with van der Waals surface area (Å²) in [6, 6.07) is 5.80. The average molecular weight is 250 g/mol. The SMILES string of the molecule is COCc1nc(N)cc(NCc2cccs2)n1. The van der Waals surface area contributed by atoms with Crippen molar-refractivity contribution < 1.29 is 4.74 Å². The lowest BCUT2D eigenvalue weighted by Gasteiger charge is -2.07. The van der Waals surface area contributed by atoms with Gasteiger partial charge in [0, 0.05) is 18.1 Å². The fourth-order valence-electron chi connectivity index (χ4n) is 1.39. The fourth-order valence-corrected chi connectivity index (χ4v) is 2.04. The molecule has 0 aliphatic carbocycles. The van der Waals surface area contributed by atoms with Crippen LogP contribution in [0.15, 0.2) is 23.6 Å². The van der Waals surface area contributed by atoms with Crippen LogP contribution in [0.4, 0.5) is 11.6 Å². The van der Waals surface area contributed by atoms with Crippen LogP contribution in [0.5, 0.6) is 0 Å². The van der Waals surface area contributed by atoms with Gasteiger partial charge in [-0.3, -0.25) is 0 Å². The fraction of sp³-hybridized carbons (Fsp3) is 0.273. The monoisotopic (exact) mass is 250 g/mol. The highest BCUT2D eigenvalue weighted by Crippen LogP contribution is 2.13. The van der Waals surface area contributed by atoms with Gasteiger partial charge in [-0.05, 0) is 11.4 Å². The van der Waals surface area contributed by atoms with Crippen molar-refractivity contribution in [2.75, 3.05) is 18.2 Å². The van der Waals surface area contributed by atoms with Crippen molar-refractivity contribution in [1.29, 1.82) is 0 Å². The Morgan fingerprint density at radius 2 is 2.35 bits per heavy atom. The first-order valence-corrected chi connectivity index (χ1v) is 6.04. The van der Waals surface area contributed by atoms with E-state index in [9.17, 15) is 0 Å². The Balaban J connectivity index is 2.04. The Morgan fingerprint density at radius 3 is 3.06 bits per heavy atom. The van der Waals surface area contributed by atoms with Crippen molar-refractivity contribution in [1.82, 2.24) is 9.97 Å². The smallest absolute Gasteiger partial charge is 0.158 e. The number of nitrogens with two attached hydrogens (primary N) is 1. The van der Waals surface area contributed by atoms with Crippen LogP contribution >= 0.6 is 11.3 Å². The summed E-state index contributed by atoms with van der Waals surface area (Å²) in [6.07, 6.45) is 0. The van der Waals surface area contributed by atoms with E-state index in [4.69, 9.17) is 10.5 Å². The van der Waals surface area contributed by atoms with Crippen LogP contribution in [-0.2, 0) is 17.9 Å². The van der Waals surface area contributed by atoms with Crippen molar-refractivity contribution >= 4 is 23.0 Å². The van der Waals surface area contributed by atoms with E-state index >= 15 is 0 Å². The van der Waals surface area contributed by atoms with Gasteiger partial charge in [-0.2, -0.15) is 0 Å². The third kappa shape index (κ3) is 3.40. The number of thiophene rings is 1. The maximum atomic E-state index is 5.69. The topological polar surface area (TPSA) is 73.1 Å². The highest BCUT2D eigenvalue weighted by atomic mass is 32.1. The van der Waals surface area contributed by atoms with E-state index in [1.54, 1.807) is 24.5 Å². The molecule has 0 atom stereocenters. The van der Waals surface area contributed by atoms with Gasteiger partial charge in [-0.1, -0.05) is 6.07 Å². The molecule has 5 nitrogen and oxygen atoms in total. The molecule has 0 aliphatic rings. The Kier molecular flexibility index (Phi) is 3.89. The molecule has 90 valence electrons. The van der Waals surface area contributed by atoms with Crippen LogP contribution in [0, 0.1) is 0 Å². The molecule has 17 heavy (non-hydrogen) atoms. The summed E-state index contributed by atoms with van der Waals surface area (Å²) in [5.41, 5.74) is 5.69. The molecular formula is C11H14N4OS. The van der Waals surface area contributed by atoms with E-state index < -0.39 is 0 Å². The van der Waals surface area contributed by atoms with Gasteiger partial charge in [0.2, 0.25) is 0 Å². The second-order valence-corrected chi connectivity index (χ2v) is 4.49. The summed E-state index contributed by atoms with van der Waals surface area (Å²) < 4.78 is 4.98. The molecule has 2 rings (SSSR count). The lowest BCUT2D eigenvalue weighted by atomic mass is 10.4. The van der Waals surface area contributed by atoms with Crippen molar-refractivity contribution in [2.45, 2.75) is 13.2 Å². The first-order chi connectivity index (χ1) is 8.28. The van der Waals surface area contributed by atoms with Gasteiger partial charge >= 0.3 is 0 Å². The van der Waals surface area contributed by atoms with Crippen LogP contribution in [0.25, 0.3) is 0 Å². The zero-order valence-corrected chi connectivity index (χ0v) is 10.3.